The molecule has 112 valence electrons. The SMILES string of the molecule is CC(C)(C)c1nnc(NC(=O)NCc2ccccc2O)s1. The van der Waals surface area contributed by atoms with E-state index >= 15 is 0 Å². The largest absolute Gasteiger partial charge is 0.508 e. The molecule has 1 heterocycles. The van der Waals surface area contributed by atoms with Gasteiger partial charge in [-0.3, -0.25) is 5.32 Å². The van der Waals surface area contributed by atoms with Gasteiger partial charge in [-0.15, -0.1) is 10.2 Å². The fourth-order valence-electron chi connectivity index (χ4n) is 1.55. The summed E-state index contributed by atoms with van der Waals surface area (Å²) < 4.78 is 0. The summed E-state index contributed by atoms with van der Waals surface area (Å²) >= 11 is 1.35. The highest BCUT2D eigenvalue weighted by molar-refractivity contribution is 7.15. The molecule has 0 saturated heterocycles. The van der Waals surface area contributed by atoms with Gasteiger partial charge in [0.1, 0.15) is 10.8 Å². The van der Waals surface area contributed by atoms with Gasteiger partial charge in [-0.1, -0.05) is 50.3 Å². The molecule has 0 spiro atoms. The van der Waals surface area contributed by atoms with Crippen molar-refractivity contribution in [1.29, 1.82) is 0 Å². The van der Waals surface area contributed by atoms with Crippen LogP contribution in [0.2, 0.25) is 0 Å². The predicted octanol–water partition coefficient (Wildman–Crippen LogP) is 2.86. The van der Waals surface area contributed by atoms with E-state index in [-0.39, 0.29) is 23.7 Å². The van der Waals surface area contributed by atoms with Crippen molar-refractivity contribution in [2.24, 2.45) is 0 Å². The van der Waals surface area contributed by atoms with Crippen LogP contribution in [-0.2, 0) is 12.0 Å². The zero-order valence-corrected chi connectivity index (χ0v) is 13.0. The summed E-state index contributed by atoms with van der Waals surface area (Å²) in [5.74, 6) is 0.156. The van der Waals surface area contributed by atoms with Gasteiger partial charge in [0.25, 0.3) is 0 Å². The van der Waals surface area contributed by atoms with Crippen molar-refractivity contribution in [2.45, 2.75) is 32.7 Å². The monoisotopic (exact) mass is 306 g/mol. The zero-order chi connectivity index (χ0) is 15.5. The van der Waals surface area contributed by atoms with Crippen molar-refractivity contribution in [2.75, 3.05) is 5.32 Å². The van der Waals surface area contributed by atoms with E-state index in [0.29, 0.717) is 10.7 Å². The molecule has 0 bridgehead atoms. The molecule has 0 aliphatic carbocycles. The first-order valence-electron chi connectivity index (χ1n) is 6.52. The second kappa shape index (κ2) is 6.09. The Morgan fingerprint density at radius 1 is 1.29 bits per heavy atom. The van der Waals surface area contributed by atoms with Crippen molar-refractivity contribution in [3.63, 3.8) is 0 Å². The van der Waals surface area contributed by atoms with Crippen LogP contribution >= 0.6 is 11.3 Å². The maximum atomic E-state index is 11.8. The van der Waals surface area contributed by atoms with Crippen LogP contribution in [0, 0.1) is 0 Å². The number of nitrogens with one attached hydrogen (secondary N) is 2. The molecule has 1 aromatic heterocycles. The first kappa shape index (κ1) is 15.2. The number of anilines is 1. The molecule has 0 atom stereocenters. The van der Waals surface area contributed by atoms with Crippen molar-refractivity contribution in [1.82, 2.24) is 15.5 Å². The lowest BCUT2D eigenvalue weighted by Crippen LogP contribution is -2.28. The smallest absolute Gasteiger partial charge is 0.321 e. The molecular formula is C14H18N4O2S. The number of aromatic hydroxyl groups is 1. The molecule has 1 aromatic carbocycles. The molecule has 6 nitrogen and oxygen atoms in total. The molecule has 2 amide bonds. The molecule has 0 unspecified atom stereocenters. The molecule has 0 aliphatic heterocycles. The second-order valence-corrected chi connectivity index (χ2v) is 6.58. The topological polar surface area (TPSA) is 87.1 Å². The first-order chi connectivity index (χ1) is 9.86. The first-order valence-corrected chi connectivity index (χ1v) is 7.33. The van der Waals surface area contributed by atoms with Crippen molar-refractivity contribution in [3.8, 4) is 5.75 Å². The maximum Gasteiger partial charge on any atom is 0.321 e. The third-order valence-electron chi connectivity index (χ3n) is 2.72. The number of carbonyl (C=O) groups excluding carboxylic acids is 1. The summed E-state index contributed by atoms with van der Waals surface area (Å²) in [5, 5.41) is 24.2. The lowest BCUT2D eigenvalue weighted by atomic mass is 9.98. The van der Waals surface area contributed by atoms with Gasteiger partial charge in [0.15, 0.2) is 0 Å². The Bertz CT molecular complexity index is 634. The van der Waals surface area contributed by atoms with Crippen molar-refractivity contribution in [3.05, 3.63) is 34.8 Å². The number of nitrogens with zero attached hydrogens (tertiary/aromatic N) is 2. The minimum atomic E-state index is -0.380. The Labute approximate surface area is 127 Å². The highest BCUT2D eigenvalue weighted by atomic mass is 32.1. The third-order valence-corrected chi connectivity index (χ3v) is 3.98. The van der Waals surface area contributed by atoms with Crippen molar-refractivity contribution >= 4 is 22.5 Å². The predicted molar refractivity (Wildman–Crippen MR) is 82.6 cm³/mol. The average molecular weight is 306 g/mol. The van der Waals surface area contributed by atoms with Crippen LogP contribution in [-0.4, -0.2) is 21.3 Å². The summed E-state index contributed by atoms with van der Waals surface area (Å²) in [6.45, 7) is 6.35. The summed E-state index contributed by atoms with van der Waals surface area (Å²) in [5.41, 5.74) is 0.560. The van der Waals surface area contributed by atoms with Crippen LogP contribution in [0.25, 0.3) is 0 Å². The molecule has 2 rings (SSSR count). The van der Waals surface area contributed by atoms with E-state index in [2.05, 4.69) is 20.8 Å². The van der Waals surface area contributed by atoms with Crippen LogP contribution < -0.4 is 10.6 Å². The van der Waals surface area contributed by atoms with Gasteiger partial charge >= 0.3 is 6.03 Å². The normalized spacial score (nSPS) is 11.2. The van der Waals surface area contributed by atoms with Crippen LogP contribution in [0.5, 0.6) is 5.75 Å². The molecule has 2 aromatic rings. The molecule has 0 radical (unpaired) electrons. The zero-order valence-electron chi connectivity index (χ0n) is 12.2. The standard InChI is InChI=1S/C14H18N4O2S/c1-14(2,3)11-17-18-13(21-11)16-12(20)15-8-9-6-4-5-7-10(9)19/h4-7,19H,8H2,1-3H3,(H2,15,16,18,20). The second-order valence-electron chi connectivity index (χ2n) is 5.60. The third kappa shape index (κ3) is 4.16. The molecular weight excluding hydrogens is 288 g/mol. The Morgan fingerprint density at radius 3 is 2.62 bits per heavy atom. The molecule has 0 aliphatic rings. The number of aromatic nitrogens is 2. The molecule has 21 heavy (non-hydrogen) atoms. The van der Waals surface area contributed by atoms with E-state index in [1.54, 1.807) is 24.3 Å². The van der Waals surface area contributed by atoms with E-state index in [1.807, 2.05) is 20.8 Å². The van der Waals surface area contributed by atoms with Gasteiger partial charge in [-0.05, 0) is 6.07 Å². The number of hydrogen-bond donors (Lipinski definition) is 3. The fourth-order valence-corrected chi connectivity index (χ4v) is 2.35. The van der Waals surface area contributed by atoms with E-state index < -0.39 is 0 Å². The number of benzene rings is 1. The van der Waals surface area contributed by atoms with E-state index in [0.717, 1.165) is 5.01 Å². The summed E-state index contributed by atoms with van der Waals surface area (Å²) in [6, 6.07) is 6.48. The number of carbonyl (C=O) groups is 1. The number of rotatable bonds is 3. The molecule has 0 fully saturated rings. The number of phenolic OH excluding ortho intramolecular Hbond substituents is 1. The number of para-hydroxylation sites is 1. The molecule has 3 N–H and O–H groups in total. The van der Waals surface area contributed by atoms with Gasteiger partial charge < -0.3 is 10.4 Å². The number of phenols is 1. The van der Waals surface area contributed by atoms with E-state index in [9.17, 15) is 9.90 Å². The maximum absolute atomic E-state index is 11.8. The fraction of sp³-hybridized carbons (Fsp3) is 0.357. The Balaban J connectivity index is 1.90. The summed E-state index contributed by atoms with van der Waals surface area (Å²) in [6.07, 6.45) is 0. The summed E-state index contributed by atoms with van der Waals surface area (Å²) in [4.78, 5) is 11.8. The van der Waals surface area contributed by atoms with Gasteiger partial charge in [0.05, 0.1) is 0 Å². The van der Waals surface area contributed by atoms with E-state index in [1.165, 1.54) is 11.3 Å². The van der Waals surface area contributed by atoms with Crippen LogP contribution in [0.4, 0.5) is 9.93 Å². The minimum Gasteiger partial charge on any atom is -0.508 e. The Hall–Kier alpha value is -2.15. The Kier molecular flexibility index (Phi) is 4.42. The van der Waals surface area contributed by atoms with Gasteiger partial charge in [-0.2, -0.15) is 0 Å². The highest BCUT2D eigenvalue weighted by Crippen LogP contribution is 2.27. The number of amides is 2. The molecule has 0 saturated carbocycles. The quantitative estimate of drug-likeness (QED) is 0.813. The van der Waals surface area contributed by atoms with Gasteiger partial charge in [0.2, 0.25) is 5.13 Å². The van der Waals surface area contributed by atoms with Crippen LogP contribution in [0.15, 0.2) is 24.3 Å². The van der Waals surface area contributed by atoms with Crippen LogP contribution in [0.3, 0.4) is 0 Å². The van der Waals surface area contributed by atoms with Gasteiger partial charge in [-0.25, -0.2) is 4.79 Å². The van der Waals surface area contributed by atoms with Crippen molar-refractivity contribution < 1.29 is 9.90 Å². The van der Waals surface area contributed by atoms with Gasteiger partial charge in [0, 0.05) is 17.5 Å². The Morgan fingerprint density at radius 2 is 2.00 bits per heavy atom. The van der Waals surface area contributed by atoms with E-state index in [4.69, 9.17) is 0 Å². The number of urea groups is 1. The number of hydrogen-bond acceptors (Lipinski definition) is 5. The lowest BCUT2D eigenvalue weighted by molar-refractivity contribution is 0.251. The minimum absolute atomic E-state index is 0.0934. The lowest BCUT2D eigenvalue weighted by Gasteiger charge is -2.12. The highest BCUT2D eigenvalue weighted by Gasteiger charge is 2.19. The molecule has 7 heteroatoms. The summed E-state index contributed by atoms with van der Waals surface area (Å²) in [7, 11) is 0. The van der Waals surface area contributed by atoms with Crippen LogP contribution in [0.1, 0.15) is 31.3 Å². The average Bonchev–Trinajstić information content (AvgIpc) is 2.86.